The summed E-state index contributed by atoms with van der Waals surface area (Å²) in [7, 11) is 0. The summed E-state index contributed by atoms with van der Waals surface area (Å²) >= 11 is 0. The number of oxazole rings is 1. The molecule has 1 aliphatic heterocycles. The van der Waals surface area contributed by atoms with Crippen LogP contribution in [0.1, 0.15) is 29.0 Å². The molecular formula is C31H32N2O4. The Morgan fingerprint density at radius 2 is 1.73 bits per heavy atom. The molecule has 0 bridgehead atoms. The van der Waals surface area contributed by atoms with E-state index in [0.717, 1.165) is 54.3 Å². The second kappa shape index (κ2) is 11.4. The van der Waals surface area contributed by atoms with Crippen LogP contribution in [0, 0.1) is 18.8 Å². The van der Waals surface area contributed by atoms with E-state index >= 15 is 0 Å². The molecule has 1 N–H and O–H groups in total. The molecule has 37 heavy (non-hydrogen) atoms. The first-order valence-electron chi connectivity index (χ1n) is 12.8. The lowest BCUT2D eigenvalue weighted by Crippen LogP contribution is -2.23. The van der Waals surface area contributed by atoms with E-state index in [-0.39, 0.29) is 11.8 Å². The summed E-state index contributed by atoms with van der Waals surface area (Å²) in [6, 6.07) is 28.1. The first-order valence-corrected chi connectivity index (χ1v) is 12.8. The maximum Gasteiger partial charge on any atom is 0.308 e. The Bertz CT molecular complexity index is 1320. The molecule has 1 fully saturated rings. The number of nitrogens with zero attached hydrogens (tertiary/aromatic N) is 2. The van der Waals surface area contributed by atoms with E-state index in [2.05, 4.69) is 28.1 Å². The van der Waals surface area contributed by atoms with Crippen LogP contribution in [-0.4, -0.2) is 34.0 Å². The van der Waals surface area contributed by atoms with E-state index in [1.54, 1.807) is 0 Å². The van der Waals surface area contributed by atoms with E-state index in [4.69, 9.17) is 9.15 Å². The second-order valence-electron chi connectivity index (χ2n) is 9.75. The van der Waals surface area contributed by atoms with E-state index in [1.165, 1.54) is 5.56 Å². The zero-order valence-electron chi connectivity index (χ0n) is 21.0. The van der Waals surface area contributed by atoms with Gasteiger partial charge >= 0.3 is 5.97 Å². The van der Waals surface area contributed by atoms with E-state index in [1.807, 2.05) is 73.7 Å². The predicted octanol–water partition coefficient (Wildman–Crippen LogP) is 5.99. The van der Waals surface area contributed by atoms with Crippen LogP contribution in [0.4, 0.5) is 0 Å². The van der Waals surface area contributed by atoms with Crippen LogP contribution in [0.25, 0.3) is 11.5 Å². The zero-order chi connectivity index (χ0) is 25.6. The quantitative estimate of drug-likeness (QED) is 0.290. The minimum absolute atomic E-state index is 0.125. The summed E-state index contributed by atoms with van der Waals surface area (Å²) < 4.78 is 11.9. The third kappa shape index (κ3) is 6.27. The number of aliphatic carboxylic acids is 1. The van der Waals surface area contributed by atoms with E-state index in [0.29, 0.717) is 19.0 Å². The maximum atomic E-state index is 12.0. The Balaban J connectivity index is 1.18. The van der Waals surface area contributed by atoms with Crippen molar-refractivity contribution < 1.29 is 19.1 Å². The van der Waals surface area contributed by atoms with Crippen molar-refractivity contribution in [3.05, 3.63) is 108 Å². The van der Waals surface area contributed by atoms with Crippen LogP contribution in [0.5, 0.6) is 5.75 Å². The number of aromatic nitrogens is 1. The molecular weight excluding hydrogens is 464 g/mol. The van der Waals surface area contributed by atoms with E-state index in [9.17, 15) is 9.90 Å². The van der Waals surface area contributed by atoms with Crippen molar-refractivity contribution in [2.75, 3.05) is 13.1 Å². The molecule has 0 spiro atoms. The lowest BCUT2D eigenvalue weighted by Gasteiger charge is -2.16. The fraction of sp³-hybridized carbons (Fsp3) is 0.290. The van der Waals surface area contributed by atoms with Crippen molar-refractivity contribution in [2.45, 2.75) is 32.9 Å². The highest BCUT2D eigenvalue weighted by atomic mass is 16.5. The lowest BCUT2D eigenvalue weighted by molar-refractivity contribution is -0.142. The molecule has 1 aliphatic rings. The number of hydrogen-bond acceptors (Lipinski definition) is 5. The Morgan fingerprint density at radius 3 is 2.49 bits per heavy atom. The molecule has 2 atom stereocenters. The number of benzene rings is 3. The van der Waals surface area contributed by atoms with Gasteiger partial charge in [-0.1, -0.05) is 60.7 Å². The van der Waals surface area contributed by atoms with Crippen molar-refractivity contribution in [1.82, 2.24) is 9.88 Å². The fourth-order valence-electron chi connectivity index (χ4n) is 5.06. The molecule has 1 aromatic heterocycles. The van der Waals surface area contributed by atoms with Crippen molar-refractivity contribution in [3.63, 3.8) is 0 Å². The zero-order valence-corrected chi connectivity index (χ0v) is 21.0. The monoisotopic (exact) mass is 496 g/mol. The van der Waals surface area contributed by atoms with Crippen molar-refractivity contribution >= 4 is 5.97 Å². The molecule has 4 aromatic rings. The van der Waals surface area contributed by atoms with Crippen LogP contribution < -0.4 is 4.74 Å². The largest absolute Gasteiger partial charge is 0.487 e. The summed E-state index contributed by atoms with van der Waals surface area (Å²) in [5, 5.41) is 9.82. The third-order valence-electron chi connectivity index (χ3n) is 7.07. The normalized spacial score (nSPS) is 17.6. The van der Waals surface area contributed by atoms with Gasteiger partial charge in [0.05, 0.1) is 5.92 Å². The number of carbonyl (C=O) groups is 1. The highest BCUT2D eigenvalue weighted by Gasteiger charge is 2.37. The minimum Gasteiger partial charge on any atom is -0.487 e. The number of carboxylic acids is 1. The molecule has 0 unspecified atom stereocenters. The maximum absolute atomic E-state index is 12.0. The molecule has 1 saturated heterocycles. The van der Waals surface area contributed by atoms with E-state index < -0.39 is 5.97 Å². The molecule has 2 heterocycles. The first-order chi connectivity index (χ1) is 18.0. The number of carboxylic acid groups (broad SMARTS) is 1. The molecule has 0 saturated carbocycles. The Labute approximate surface area is 217 Å². The van der Waals surface area contributed by atoms with Crippen LogP contribution in [0.2, 0.25) is 0 Å². The van der Waals surface area contributed by atoms with Crippen molar-refractivity contribution in [1.29, 1.82) is 0 Å². The summed E-state index contributed by atoms with van der Waals surface area (Å²) in [5.41, 5.74) is 4.08. The molecule has 0 radical (unpaired) electrons. The number of likely N-dealkylation sites (tertiary alicyclic amines) is 1. The standard InChI is InChI=1S/C31H32N2O4/c1-22-29(32-30(37-22)25-12-6-3-7-13-25)21-36-27-14-8-11-23(17-27)15-16-26-19-33(20-28(26)31(34)35)18-24-9-4-2-5-10-24/h2-14,17,26,28H,15-16,18-21H2,1H3,(H,34,35)/t26-,28+/m1/s1. The van der Waals surface area contributed by atoms with Crippen LogP contribution in [0.3, 0.4) is 0 Å². The van der Waals surface area contributed by atoms with Gasteiger partial charge in [-0.15, -0.1) is 0 Å². The molecule has 3 aromatic carbocycles. The first kappa shape index (κ1) is 24.8. The summed E-state index contributed by atoms with van der Waals surface area (Å²) in [4.78, 5) is 18.8. The summed E-state index contributed by atoms with van der Waals surface area (Å²) in [6.07, 6.45) is 1.64. The van der Waals surface area contributed by atoms with Crippen LogP contribution in [0.15, 0.2) is 89.3 Å². The van der Waals surface area contributed by atoms with Crippen LogP contribution in [-0.2, 0) is 24.4 Å². The molecule has 190 valence electrons. The highest BCUT2D eigenvalue weighted by Crippen LogP contribution is 2.30. The number of ether oxygens (including phenoxy) is 1. The number of hydrogen-bond donors (Lipinski definition) is 1. The van der Waals surface area contributed by atoms with Gasteiger partial charge in [0, 0.05) is 25.2 Å². The average Bonchev–Trinajstić information content (AvgIpc) is 3.50. The number of rotatable bonds is 10. The van der Waals surface area contributed by atoms with Crippen molar-refractivity contribution in [3.8, 4) is 17.2 Å². The Hall–Kier alpha value is -3.90. The van der Waals surface area contributed by atoms with Gasteiger partial charge in [0.15, 0.2) is 0 Å². The third-order valence-corrected chi connectivity index (χ3v) is 7.07. The molecule has 0 aliphatic carbocycles. The van der Waals surface area contributed by atoms with Gasteiger partial charge < -0.3 is 14.3 Å². The predicted molar refractivity (Wildman–Crippen MR) is 142 cm³/mol. The summed E-state index contributed by atoms with van der Waals surface area (Å²) in [5.74, 6) is 1.20. The Kier molecular flexibility index (Phi) is 7.66. The van der Waals surface area contributed by atoms with Gasteiger partial charge in [0.1, 0.15) is 23.8 Å². The van der Waals surface area contributed by atoms with Crippen molar-refractivity contribution in [2.24, 2.45) is 11.8 Å². The SMILES string of the molecule is Cc1oc(-c2ccccc2)nc1COc1cccc(CC[C@@H]2CN(Cc3ccccc3)C[C@@H]2C(=O)O)c1. The van der Waals surface area contributed by atoms with Gasteiger partial charge in [-0.2, -0.15) is 0 Å². The molecule has 6 heteroatoms. The highest BCUT2D eigenvalue weighted by molar-refractivity contribution is 5.71. The molecule has 6 nitrogen and oxygen atoms in total. The molecule has 5 rings (SSSR count). The van der Waals surface area contributed by atoms with Gasteiger partial charge in [-0.3, -0.25) is 9.69 Å². The minimum atomic E-state index is -0.699. The topological polar surface area (TPSA) is 75.8 Å². The average molecular weight is 497 g/mol. The van der Waals surface area contributed by atoms with Gasteiger partial charge in [-0.05, 0) is 61.1 Å². The summed E-state index contributed by atoms with van der Waals surface area (Å²) in [6.45, 7) is 4.41. The Morgan fingerprint density at radius 1 is 1.00 bits per heavy atom. The number of aryl methyl sites for hydroxylation is 2. The van der Waals surface area contributed by atoms with Gasteiger partial charge in [0.25, 0.3) is 0 Å². The molecule has 0 amide bonds. The van der Waals surface area contributed by atoms with Gasteiger partial charge in [-0.25, -0.2) is 4.98 Å². The van der Waals surface area contributed by atoms with Crippen LogP contribution >= 0.6 is 0 Å². The smallest absolute Gasteiger partial charge is 0.308 e. The fourth-order valence-corrected chi connectivity index (χ4v) is 5.06. The lowest BCUT2D eigenvalue weighted by atomic mass is 9.90. The van der Waals surface area contributed by atoms with Gasteiger partial charge in [0.2, 0.25) is 5.89 Å². The second-order valence-corrected chi connectivity index (χ2v) is 9.75.